The van der Waals surface area contributed by atoms with Crippen molar-refractivity contribution in [3.8, 4) is 0 Å². The number of hydrogen-bond acceptors (Lipinski definition) is 5. The number of rotatable bonds is 6. The van der Waals surface area contributed by atoms with Gasteiger partial charge >= 0.3 is 0 Å². The van der Waals surface area contributed by atoms with Gasteiger partial charge in [-0.05, 0) is 23.3 Å². The van der Waals surface area contributed by atoms with E-state index in [0.717, 1.165) is 11.1 Å². The molecule has 2 aromatic carbocycles. The average molecular weight is 426 g/mol. The highest BCUT2D eigenvalue weighted by Crippen LogP contribution is 2.24. The van der Waals surface area contributed by atoms with Gasteiger partial charge in [0.2, 0.25) is 5.09 Å². The van der Waals surface area contributed by atoms with Crippen LogP contribution in [-0.2, 0) is 14.8 Å². The minimum Gasteiger partial charge on any atom is -0.438 e. The molecule has 4 rings (SSSR count). The van der Waals surface area contributed by atoms with Crippen LogP contribution in [-0.4, -0.2) is 44.9 Å². The molecule has 0 saturated carbocycles. The first kappa shape index (κ1) is 20.3. The fourth-order valence-corrected chi connectivity index (χ4v) is 4.67. The molecule has 7 nitrogen and oxygen atoms in total. The van der Waals surface area contributed by atoms with Crippen LogP contribution in [0.4, 0.5) is 0 Å². The second-order valence-corrected chi connectivity index (χ2v) is 8.73. The first-order valence-corrected chi connectivity index (χ1v) is 11.1. The van der Waals surface area contributed by atoms with Gasteiger partial charge < -0.3 is 14.5 Å². The third-order valence-corrected chi connectivity index (χ3v) is 6.68. The lowest BCUT2D eigenvalue weighted by Gasteiger charge is -2.24. The SMILES string of the molecule is O=C(NC(c1ccccc1)c1ccccc1)c1ccc(S(=O)(=O)N2CCOCC2)o1. The number of nitrogens with zero attached hydrogens (tertiary/aromatic N) is 1. The van der Waals surface area contributed by atoms with E-state index in [1.54, 1.807) is 0 Å². The Balaban J connectivity index is 1.57. The number of nitrogens with one attached hydrogen (secondary N) is 1. The number of carbonyl (C=O) groups excluding carboxylic acids is 1. The van der Waals surface area contributed by atoms with Crippen molar-refractivity contribution < 1.29 is 22.4 Å². The first-order valence-electron chi connectivity index (χ1n) is 9.64. The van der Waals surface area contributed by atoms with Gasteiger partial charge in [0.1, 0.15) is 0 Å². The van der Waals surface area contributed by atoms with E-state index in [1.165, 1.54) is 16.4 Å². The molecule has 0 radical (unpaired) electrons. The van der Waals surface area contributed by atoms with Crippen LogP contribution in [0.2, 0.25) is 0 Å². The second kappa shape index (κ2) is 8.83. The monoisotopic (exact) mass is 426 g/mol. The Morgan fingerprint density at radius 3 is 2.00 bits per heavy atom. The Morgan fingerprint density at radius 1 is 0.867 bits per heavy atom. The van der Waals surface area contributed by atoms with Crippen LogP contribution in [0.15, 0.2) is 82.3 Å². The molecule has 1 aliphatic rings. The number of hydrogen-bond donors (Lipinski definition) is 1. The molecule has 1 amide bonds. The summed E-state index contributed by atoms with van der Waals surface area (Å²) >= 11 is 0. The first-order chi connectivity index (χ1) is 14.6. The Kier molecular flexibility index (Phi) is 5.98. The standard InChI is InChI=1S/C22H22N2O5S/c25-22(19-11-12-20(29-19)30(26,27)24-13-15-28-16-14-24)23-21(17-7-3-1-4-8-17)18-9-5-2-6-10-18/h1-12,21H,13-16H2,(H,23,25). The molecule has 2 heterocycles. The lowest BCUT2D eigenvalue weighted by molar-refractivity contribution is 0.0722. The van der Waals surface area contributed by atoms with Gasteiger partial charge in [-0.1, -0.05) is 60.7 Å². The molecule has 3 aromatic rings. The van der Waals surface area contributed by atoms with E-state index in [2.05, 4.69) is 5.32 Å². The molecular formula is C22H22N2O5S. The maximum atomic E-state index is 12.9. The van der Waals surface area contributed by atoms with Crippen LogP contribution < -0.4 is 5.32 Å². The molecular weight excluding hydrogens is 404 g/mol. The summed E-state index contributed by atoms with van der Waals surface area (Å²) in [4.78, 5) is 12.9. The molecule has 0 atom stereocenters. The zero-order valence-corrected chi connectivity index (χ0v) is 17.0. The van der Waals surface area contributed by atoms with E-state index in [1.807, 2.05) is 60.7 Å². The zero-order chi connectivity index (χ0) is 21.0. The van der Waals surface area contributed by atoms with E-state index in [-0.39, 0.29) is 23.9 Å². The van der Waals surface area contributed by atoms with E-state index in [9.17, 15) is 13.2 Å². The highest BCUT2D eigenvalue weighted by molar-refractivity contribution is 7.89. The lowest BCUT2D eigenvalue weighted by atomic mass is 9.98. The van der Waals surface area contributed by atoms with Crippen LogP contribution in [0.5, 0.6) is 0 Å². The fraction of sp³-hybridized carbons (Fsp3) is 0.227. The Morgan fingerprint density at radius 2 is 1.43 bits per heavy atom. The Bertz CT molecular complexity index is 1050. The van der Waals surface area contributed by atoms with E-state index < -0.39 is 22.0 Å². The van der Waals surface area contributed by atoms with Crippen LogP contribution in [0.25, 0.3) is 0 Å². The van der Waals surface area contributed by atoms with Crippen molar-refractivity contribution in [3.05, 3.63) is 89.7 Å². The Hall–Kier alpha value is -2.94. The molecule has 30 heavy (non-hydrogen) atoms. The summed E-state index contributed by atoms with van der Waals surface area (Å²) in [5.74, 6) is -0.546. The van der Waals surface area contributed by atoms with Gasteiger partial charge in [0, 0.05) is 13.1 Å². The number of amides is 1. The largest absolute Gasteiger partial charge is 0.438 e. The highest BCUT2D eigenvalue weighted by Gasteiger charge is 2.30. The van der Waals surface area contributed by atoms with Crippen molar-refractivity contribution >= 4 is 15.9 Å². The van der Waals surface area contributed by atoms with Gasteiger partial charge in [-0.3, -0.25) is 4.79 Å². The Labute approximate surface area is 175 Å². The summed E-state index contributed by atoms with van der Waals surface area (Å²) in [6.45, 7) is 1.19. The average Bonchev–Trinajstić information content (AvgIpc) is 3.31. The second-order valence-electron chi connectivity index (χ2n) is 6.86. The van der Waals surface area contributed by atoms with Crippen molar-refractivity contribution in [2.24, 2.45) is 0 Å². The van der Waals surface area contributed by atoms with Gasteiger partial charge in [0.05, 0.1) is 19.3 Å². The third-order valence-electron chi connectivity index (χ3n) is 4.91. The van der Waals surface area contributed by atoms with Gasteiger partial charge in [-0.25, -0.2) is 8.42 Å². The zero-order valence-electron chi connectivity index (χ0n) is 16.2. The predicted octanol–water partition coefficient (Wildman–Crippen LogP) is 2.82. The number of benzene rings is 2. The third kappa shape index (κ3) is 4.30. The number of carbonyl (C=O) groups is 1. The molecule has 0 unspecified atom stereocenters. The summed E-state index contributed by atoms with van der Waals surface area (Å²) < 4.78 is 37.4. The molecule has 0 bridgehead atoms. The molecule has 156 valence electrons. The van der Waals surface area contributed by atoms with Crippen molar-refractivity contribution in [1.82, 2.24) is 9.62 Å². The number of sulfonamides is 1. The molecule has 0 spiro atoms. The van der Waals surface area contributed by atoms with Gasteiger partial charge in [-0.15, -0.1) is 0 Å². The maximum Gasteiger partial charge on any atom is 0.287 e. The van der Waals surface area contributed by atoms with Crippen molar-refractivity contribution in [3.63, 3.8) is 0 Å². The van der Waals surface area contributed by atoms with Crippen LogP contribution >= 0.6 is 0 Å². The van der Waals surface area contributed by atoms with Crippen molar-refractivity contribution in [2.45, 2.75) is 11.1 Å². The number of morpholine rings is 1. The van der Waals surface area contributed by atoms with E-state index in [0.29, 0.717) is 13.2 Å². The fourth-order valence-electron chi connectivity index (χ4n) is 3.35. The minimum absolute atomic E-state index is 0.0568. The molecule has 1 fully saturated rings. The number of furan rings is 1. The quantitative estimate of drug-likeness (QED) is 0.655. The summed E-state index contributed by atoms with van der Waals surface area (Å²) in [6, 6.07) is 21.4. The minimum atomic E-state index is -3.80. The van der Waals surface area contributed by atoms with Crippen LogP contribution in [0.3, 0.4) is 0 Å². The lowest BCUT2D eigenvalue weighted by Crippen LogP contribution is -2.40. The molecule has 0 aliphatic carbocycles. The van der Waals surface area contributed by atoms with Crippen LogP contribution in [0, 0.1) is 0 Å². The molecule has 1 aliphatic heterocycles. The summed E-state index contributed by atoms with van der Waals surface area (Å²) in [7, 11) is -3.80. The maximum absolute atomic E-state index is 12.9. The van der Waals surface area contributed by atoms with Gasteiger partial charge in [0.25, 0.3) is 15.9 Å². The van der Waals surface area contributed by atoms with Crippen molar-refractivity contribution in [2.75, 3.05) is 26.3 Å². The normalized spacial score (nSPS) is 15.2. The molecule has 1 saturated heterocycles. The van der Waals surface area contributed by atoms with E-state index in [4.69, 9.17) is 9.15 Å². The topological polar surface area (TPSA) is 88.9 Å². The predicted molar refractivity (Wildman–Crippen MR) is 110 cm³/mol. The smallest absolute Gasteiger partial charge is 0.287 e. The summed E-state index contributed by atoms with van der Waals surface area (Å²) in [5.41, 5.74) is 1.81. The molecule has 1 aromatic heterocycles. The molecule has 1 N–H and O–H groups in total. The van der Waals surface area contributed by atoms with Crippen LogP contribution in [0.1, 0.15) is 27.7 Å². The number of ether oxygens (including phenoxy) is 1. The summed E-state index contributed by atoms with van der Waals surface area (Å²) in [5, 5.41) is 2.70. The molecule has 8 heteroatoms. The summed E-state index contributed by atoms with van der Waals surface area (Å²) in [6.07, 6.45) is 0. The van der Waals surface area contributed by atoms with Gasteiger partial charge in [0.15, 0.2) is 5.76 Å². The highest BCUT2D eigenvalue weighted by atomic mass is 32.2. The van der Waals surface area contributed by atoms with Gasteiger partial charge in [-0.2, -0.15) is 4.31 Å². The van der Waals surface area contributed by atoms with Crippen molar-refractivity contribution in [1.29, 1.82) is 0 Å². The van der Waals surface area contributed by atoms with E-state index >= 15 is 0 Å².